The maximum atomic E-state index is 10.6. The Morgan fingerprint density at radius 3 is 2.63 bits per heavy atom. The maximum absolute atomic E-state index is 10.6. The molecule has 3 rings (SSSR count). The topological polar surface area (TPSA) is 82.9 Å². The Labute approximate surface area is 161 Å². The molecule has 0 radical (unpaired) electrons. The molecule has 2 heterocycles. The second-order valence-electron chi connectivity index (χ2n) is 7.56. The van der Waals surface area contributed by atoms with Crippen molar-refractivity contribution in [2.75, 3.05) is 19.6 Å². The molecule has 0 aliphatic heterocycles. The number of nitrogens with zero attached hydrogens (tertiary/aromatic N) is 1. The number of hydrogen-bond donors (Lipinski definition) is 3. The van der Waals surface area contributed by atoms with Gasteiger partial charge in [0.15, 0.2) is 5.96 Å². The van der Waals surface area contributed by atoms with Crippen LogP contribution >= 0.6 is 0 Å². The number of aliphatic hydroxyl groups is 1. The third-order valence-electron chi connectivity index (χ3n) is 5.12. The van der Waals surface area contributed by atoms with Crippen molar-refractivity contribution in [1.29, 1.82) is 0 Å². The van der Waals surface area contributed by atoms with Crippen LogP contribution in [-0.4, -0.2) is 30.7 Å². The molecule has 0 saturated heterocycles. The first-order valence-electron chi connectivity index (χ1n) is 9.94. The van der Waals surface area contributed by atoms with E-state index in [1.807, 2.05) is 12.1 Å². The molecule has 0 spiro atoms. The summed E-state index contributed by atoms with van der Waals surface area (Å²) in [6.45, 7) is 3.57. The summed E-state index contributed by atoms with van der Waals surface area (Å²) in [4.78, 5) is 4.61. The normalized spacial score (nSPS) is 18.2. The second-order valence-corrected chi connectivity index (χ2v) is 7.56. The van der Waals surface area contributed by atoms with Gasteiger partial charge in [0.1, 0.15) is 17.1 Å². The minimum atomic E-state index is -1.13. The van der Waals surface area contributed by atoms with Crippen LogP contribution in [0.3, 0.4) is 0 Å². The molecule has 3 N–H and O–H groups in total. The molecule has 0 bridgehead atoms. The highest BCUT2D eigenvalue weighted by Crippen LogP contribution is 2.23. The molecule has 1 fully saturated rings. The van der Waals surface area contributed by atoms with Crippen molar-refractivity contribution in [2.24, 2.45) is 10.9 Å². The van der Waals surface area contributed by atoms with Crippen LogP contribution < -0.4 is 10.6 Å². The van der Waals surface area contributed by atoms with Crippen molar-refractivity contribution in [1.82, 2.24) is 10.6 Å². The van der Waals surface area contributed by atoms with Gasteiger partial charge in [-0.2, -0.15) is 0 Å². The predicted octanol–water partition coefficient (Wildman–Crippen LogP) is 3.44. The standard InChI is InChI=1S/C21H31N3O3/c1-21(25,19-10-6-14-27-19)16-24-20(22-12-11-18-9-5-13-26-18)23-15-17-7-3-2-4-8-17/h5-6,9-10,13-14,17,25H,2-4,7-8,11-12,15-16H2,1H3,(H2,22,23,24). The average Bonchev–Trinajstić information content (AvgIpc) is 3.38. The van der Waals surface area contributed by atoms with Crippen molar-refractivity contribution >= 4 is 5.96 Å². The maximum Gasteiger partial charge on any atom is 0.191 e. The van der Waals surface area contributed by atoms with E-state index in [4.69, 9.17) is 8.83 Å². The lowest BCUT2D eigenvalue weighted by Gasteiger charge is -2.24. The quantitative estimate of drug-likeness (QED) is 0.488. The number of guanidine groups is 1. The number of furan rings is 2. The largest absolute Gasteiger partial charge is 0.469 e. The van der Waals surface area contributed by atoms with Gasteiger partial charge >= 0.3 is 0 Å². The first-order valence-corrected chi connectivity index (χ1v) is 9.94. The van der Waals surface area contributed by atoms with Gasteiger partial charge < -0.3 is 24.6 Å². The van der Waals surface area contributed by atoms with Crippen LogP contribution in [0, 0.1) is 5.92 Å². The van der Waals surface area contributed by atoms with Gasteiger partial charge in [-0.1, -0.05) is 19.3 Å². The van der Waals surface area contributed by atoms with Crippen molar-refractivity contribution in [3.8, 4) is 0 Å². The Morgan fingerprint density at radius 2 is 1.93 bits per heavy atom. The third kappa shape index (κ3) is 6.17. The second kappa shape index (κ2) is 9.65. The van der Waals surface area contributed by atoms with Gasteiger partial charge in [-0.25, -0.2) is 4.99 Å². The summed E-state index contributed by atoms with van der Waals surface area (Å²) in [5.41, 5.74) is -1.13. The molecule has 6 heteroatoms. The molecule has 6 nitrogen and oxygen atoms in total. The van der Waals surface area contributed by atoms with Gasteiger partial charge in [-0.3, -0.25) is 0 Å². The van der Waals surface area contributed by atoms with E-state index in [1.165, 1.54) is 32.1 Å². The Balaban J connectivity index is 1.56. The minimum absolute atomic E-state index is 0.223. The zero-order valence-corrected chi connectivity index (χ0v) is 16.1. The Morgan fingerprint density at radius 1 is 1.15 bits per heavy atom. The smallest absolute Gasteiger partial charge is 0.191 e. The molecule has 1 atom stereocenters. The number of nitrogens with one attached hydrogen (secondary N) is 2. The third-order valence-corrected chi connectivity index (χ3v) is 5.12. The lowest BCUT2D eigenvalue weighted by Crippen LogP contribution is -2.42. The van der Waals surface area contributed by atoms with Crippen molar-refractivity contribution < 1.29 is 13.9 Å². The molecular formula is C21H31N3O3. The van der Waals surface area contributed by atoms with Crippen LogP contribution in [0.15, 0.2) is 50.6 Å². The van der Waals surface area contributed by atoms with Crippen LogP contribution in [0.2, 0.25) is 0 Å². The Bertz CT molecular complexity index is 672. The molecular weight excluding hydrogens is 342 g/mol. The lowest BCUT2D eigenvalue weighted by atomic mass is 9.89. The average molecular weight is 373 g/mol. The zero-order chi connectivity index (χ0) is 19.0. The van der Waals surface area contributed by atoms with Gasteiger partial charge in [-0.15, -0.1) is 0 Å². The Kier molecular flexibility index (Phi) is 6.98. The van der Waals surface area contributed by atoms with E-state index >= 15 is 0 Å². The van der Waals surface area contributed by atoms with Crippen LogP contribution in [-0.2, 0) is 12.0 Å². The molecule has 0 aromatic carbocycles. The molecule has 1 aliphatic rings. The summed E-state index contributed by atoms with van der Waals surface area (Å²) in [5, 5.41) is 17.5. The fourth-order valence-corrected chi connectivity index (χ4v) is 3.46. The molecule has 2 aromatic heterocycles. The van der Waals surface area contributed by atoms with Crippen LogP contribution in [0.25, 0.3) is 0 Å². The molecule has 148 valence electrons. The highest BCUT2D eigenvalue weighted by atomic mass is 16.4. The molecule has 1 unspecified atom stereocenters. The van der Waals surface area contributed by atoms with E-state index in [9.17, 15) is 5.11 Å². The van der Waals surface area contributed by atoms with Crippen LogP contribution in [0.5, 0.6) is 0 Å². The summed E-state index contributed by atoms with van der Waals surface area (Å²) in [6, 6.07) is 7.41. The lowest BCUT2D eigenvalue weighted by molar-refractivity contribution is 0.0437. The molecule has 1 aliphatic carbocycles. The first kappa shape index (κ1) is 19.5. The summed E-state index contributed by atoms with van der Waals surface area (Å²) < 4.78 is 10.7. The van der Waals surface area contributed by atoms with Gasteiger partial charge in [-0.05, 0) is 49.9 Å². The van der Waals surface area contributed by atoms with Crippen LogP contribution in [0.1, 0.15) is 50.5 Å². The Hall–Kier alpha value is -2.21. The van der Waals surface area contributed by atoms with E-state index < -0.39 is 5.60 Å². The molecule has 1 saturated carbocycles. The van der Waals surface area contributed by atoms with E-state index in [0.29, 0.717) is 18.2 Å². The van der Waals surface area contributed by atoms with Crippen molar-refractivity contribution in [3.63, 3.8) is 0 Å². The summed E-state index contributed by atoms with van der Waals surface area (Å²) in [6.07, 6.45) is 10.6. The number of aliphatic imine (C=N–C) groups is 1. The summed E-state index contributed by atoms with van der Waals surface area (Å²) >= 11 is 0. The summed E-state index contributed by atoms with van der Waals surface area (Å²) in [7, 11) is 0. The van der Waals surface area contributed by atoms with E-state index in [-0.39, 0.29) is 6.54 Å². The van der Waals surface area contributed by atoms with Crippen molar-refractivity contribution in [3.05, 3.63) is 48.3 Å². The van der Waals surface area contributed by atoms with Gasteiger partial charge in [0.2, 0.25) is 0 Å². The predicted molar refractivity (Wildman–Crippen MR) is 106 cm³/mol. The molecule has 27 heavy (non-hydrogen) atoms. The monoisotopic (exact) mass is 373 g/mol. The van der Waals surface area contributed by atoms with Crippen molar-refractivity contribution in [2.45, 2.75) is 51.0 Å². The fraction of sp³-hybridized carbons (Fsp3) is 0.571. The van der Waals surface area contributed by atoms with Gasteiger partial charge in [0, 0.05) is 19.5 Å². The molecule has 2 aromatic rings. The van der Waals surface area contributed by atoms with E-state index in [2.05, 4.69) is 15.6 Å². The zero-order valence-electron chi connectivity index (χ0n) is 16.1. The number of rotatable bonds is 8. The van der Waals surface area contributed by atoms with Gasteiger partial charge in [0.25, 0.3) is 0 Å². The highest BCUT2D eigenvalue weighted by Gasteiger charge is 2.26. The van der Waals surface area contributed by atoms with Crippen LogP contribution in [0.4, 0.5) is 0 Å². The number of hydrogen-bond acceptors (Lipinski definition) is 4. The minimum Gasteiger partial charge on any atom is -0.469 e. The SMILES string of the molecule is CC(O)(CN=C(NCCc1ccco1)NCC1CCCCC1)c1ccco1. The first-order chi connectivity index (χ1) is 13.1. The highest BCUT2D eigenvalue weighted by molar-refractivity contribution is 5.79. The fourth-order valence-electron chi connectivity index (χ4n) is 3.46. The van der Waals surface area contributed by atoms with E-state index in [1.54, 1.807) is 31.6 Å². The summed E-state index contributed by atoms with van der Waals surface area (Å²) in [5.74, 6) is 2.88. The molecule has 0 amide bonds. The van der Waals surface area contributed by atoms with E-state index in [0.717, 1.165) is 24.7 Å². The van der Waals surface area contributed by atoms with Gasteiger partial charge in [0.05, 0.1) is 19.1 Å².